The van der Waals surface area contributed by atoms with Gasteiger partial charge in [-0.3, -0.25) is 9.59 Å². The second-order valence-electron chi connectivity index (χ2n) is 10.2. The van der Waals surface area contributed by atoms with Crippen molar-refractivity contribution in [3.63, 3.8) is 0 Å². The van der Waals surface area contributed by atoms with Crippen molar-refractivity contribution >= 4 is 11.9 Å². The smallest absolute Gasteiger partial charge is 0.304 e. The van der Waals surface area contributed by atoms with Crippen LogP contribution in [-0.2, 0) is 9.59 Å². The van der Waals surface area contributed by atoms with Gasteiger partial charge in [-0.2, -0.15) is 5.11 Å². The number of carbonyl (C=O) groups excluding carboxylic acids is 1. The Balaban J connectivity index is 1.38. The van der Waals surface area contributed by atoms with E-state index in [0.29, 0.717) is 37.3 Å². The van der Waals surface area contributed by atoms with Gasteiger partial charge in [0.25, 0.3) is 5.91 Å². The highest BCUT2D eigenvalue weighted by Gasteiger charge is 2.56. The van der Waals surface area contributed by atoms with Crippen LogP contribution in [0.15, 0.2) is 33.5 Å². The quantitative estimate of drug-likeness (QED) is 0.428. The number of hydrogen-bond donors (Lipinski definition) is 2. The zero-order valence-corrected chi connectivity index (χ0v) is 18.3. The number of nitrogens with zero attached hydrogens (tertiary/aromatic N) is 2. The second-order valence-corrected chi connectivity index (χ2v) is 10.2. The van der Waals surface area contributed by atoms with E-state index in [4.69, 9.17) is 5.73 Å². The van der Waals surface area contributed by atoms with E-state index in [1.54, 1.807) is 0 Å². The van der Waals surface area contributed by atoms with Crippen LogP contribution in [0.2, 0.25) is 0 Å². The van der Waals surface area contributed by atoms with Crippen LogP contribution in [0.3, 0.4) is 0 Å². The molecule has 0 unspecified atom stereocenters. The molecule has 2 fully saturated rings. The van der Waals surface area contributed by atoms with E-state index in [-0.39, 0.29) is 29.1 Å². The summed E-state index contributed by atoms with van der Waals surface area (Å²) in [7, 11) is 0. The van der Waals surface area contributed by atoms with Crippen molar-refractivity contribution in [3.05, 3.63) is 23.3 Å². The normalized spacial score (nSPS) is 39.0. The molecule has 3 N–H and O–H groups in total. The number of fused-ring (bicyclic) bond motifs is 2. The number of carboxylic acid groups (broad SMARTS) is 1. The van der Waals surface area contributed by atoms with Crippen molar-refractivity contribution in [2.75, 3.05) is 13.1 Å². The Morgan fingerprint density at radius 3 is 2.13 bits per heavy atom. The van der Waals surface area contributed by atoms with Crippen molar-refractivity contribution in [2.24, 2.45) is 50.5 Å². The van der Waals surface area contributed by atoms with E-state index in [1.165, 1.54) is 11.1 Å². The molecule has 0 bridgehead atoms. The standard InChI is InChI=1S/C24H35N3O3/c1-3-15-5-17-9-23(13-25,19(17)7-15)11-21(28)27-26-14-24(12-22(29)30)10-18-6-16(4-2)8-20(18)24/h7-8,17-20H,3-6,9-14,25H2,1-2H3,(H,29,30)/t17-,18-,19-,20-,23-,24-/m1/s1. The first-order valence-corrected chi connectivity index (χ1v) is 11.6. The largest absolute Gasteiger partial charge is 0.481 e. The summed E-state index contributed by atoms with van der Waals surface area (Å²) < 4.78 is 0. The number of azo groups is 1. The van der Waals surface area contributed by atoms with E-state index < -0.39 is 5.97 Å². The Labute approximate surface area is 179 Å². The molecule has 0 saturated heterocycles. The number of allylic oxidation sites excluding steroid dienone is 4. The fraction of sp³-hybridized carbons (Fsp3) is 0.750. The molecule has 0 aromatic carbocycles. The summed E-state index contributed by atoms with van der Waals surface area (Å²) in [4.78, 5) is 24.1. The molecule has 0 aliphatic heterocycles. The lowest BCUT2D eigenvalue weighted by molar-refractivity contribution is -0.144. The lowest BCUT2D eigenvalue weighted by Gasteiger charge is -2.51. The Morgan fingerprint density at radius 2 is 1.60 bits per heavy atom. The third-order valence-electron chi connectivity index (χ3n) is 8.54. The molecular formula is C24H35N3O3. The van der Waals surface area contributed by atoms with Gasteiger partial charge in [-0.15, -0.1) is 5.11 Å². The number of carbonyl (C=O) groups is 2. The second kappa shape index (κ2) is 8.03. The topological polar surface area (TPSA) is 105 Å². The highest BCUT2D eigenvalue weighted by atomic mass is 16.4. The zero-order chi connectivity index (χ0) is 21.5. The third kappa shape index (κ3) is 3.57. The van der Waals surface area contributed by atoms with Gasteiger partial charge in [-0.1, -0.05) is 37.1 Å². The molecule has 0 spiro atoms. The average molecular weight is 414 g/mol. The van der Waals surface area contributed by atoms with Gasteiger partial charge in [0.1, 0.15) is 0 Å². The van der Waals surface area contributed by atoms with Crippen LogP contribution < -0.4 is 5.73 Å². The molecular weight excluding hydrogens is 378 g/mol. The molecule has 0 heterocycles. The monoisotopic (exact) mass is 413 g/mol. The summed E-state index contributed by atoms with van der Waals surface area (Å²) in [6.45, 7) is 5.15. The van der Waals surface area contributed by atoms with E-state index >= 15 is 0 Å². The maximum atomic E-state index is 12.6. The summed E-state index contributed by atoms with van der Waals surface area (Å²) in [5.74, 6) is 0.834. The lowest BCUT2D eigenvalue weighted by Crippen LogP contribution is -2.51. The van der Waals surface area contributed by atoms with Crippen LogP contribution in [0.5, 0.6) is 0 Å². The van der Waals surface area contributed by atoms with E-state index in [1.807, 2.05) is 0 Å². The molecule has 6 nitrogen and oxygen atoms in total. The summed E-state index contributed by atoms with van der Waals surface area (Å²) in [6.07, 6.45) is 11.2. The van der Waals surface area contributed by atoms with Crippen LogP contribution in [0, 0.1) is 34.5 Å². The molecule has 0 aromatic rings. The summed E-state index contributed by atoms with van der Waals surface area (Å²) >= 11 is 0. The molecule has 4 aliphatic carbocycles. The van der Waals surface area contributed by atoms with E-state index in [9.17, 15) is 14.7 Å². The van der Waals surface area contributed by atoms with Gasteiger partial charge >= 0.3 is 5.97 Å². The maximum absolute atomic E-state index is 12.6. The molecule has 6 atom stereocenters. The molecule has 6 heteroatoms. The number of amides is 1. The Bertz CT molecular complexity index is 817. The van der Waals surface area contributed by atoms with Gasteiger partial charge in [0.05, 0.1) is 13.0 Å². The molecule has 2 saturated carbocycles. The summed E-state index contributed by atoms with van der Waals surface area (Å²) in [6, 6.07) is 0. The van der Waals surface area contributed by atoms with E-state index in [2.05, 4.69) is 36.2 Å². The minimum atomic E-state index is -0.796. The van der Waals surface area contributed by atoms with Gasteiger partial charge in [-0.25, -0.2) is 0 Å². The van der Waals surface area contributed by atoms with Crippen molar-refractivity contribution in [2.45, 2.75) is 65.2 Å². The number of hydrogen-bond acceptors (Lipinski definition) is 4. The molecule has 164 valence electrons. The SMILES string of the molecule is CCC1=C[C@@H]2[C@H](C1)C[C@]2(CN=NC(=O)C[C@@]1(CN)C[C@H]2CC(CC)=C[C@H]21)CC(=O)O. The molecule has 30 heavy (non-hydrogen) atoms. The highest BCUT2D eigenvalue weighted by molar-refractivity contribution is 5.77. The maximum Gasteiger partial charge on any atom is 0.304 e. The fourth-order valence-electron chi connectivity index (χ4n) is 6.91. The van der Waals surface area contributed by atoms with Crippen molar-refractivity contribution < 1.29 is 14.7 Å². The predicted octanol–water partition coefficient (Wildman–Crippen LogP) is 4.51. The summed E-state index contributed by atoms with van der Waals surface area (Å²) in [5.41, 5.74) is 8.47. The van der Waals surface area contributed by atoms with Crippen molar-refractivity contribution in [1.82, 2.24) is 0 Å². The molecule has 4 aliphatic rings. The predicted molar refractivity (Wildman–Crippen MR) is 115 cm³/mol. The highest BCUT2D eigenvalue weighted by Crippen LogP contribution is 2.61. The van der Waals surface area contributed by atoms with Gasteiger partial charge in [0.2, 0.25) is 0 Å². The molecule has 0 radical (unpaired) electrons. The minimum absolute atomic E-state index is 0.0932. The third-order valence-corrected chi connectivity index (χ3v) is 8.54. The van der Waals surface area contributed by atoms with Crippen LogP contribution in [-0.4, -0.2) is 30.1 Å². The molecule has 1 amide bonds. The first kappa shape index (κ1) is 21.4. The van der Waals surface area contributed by atoms with Crippen LogP contribution in [0.1, 0.15) is 65.2 Å². The van der Waals surface area contributed by atoms with Crippen LogP contribution >= 0.6 is 0 Å². The van der Waals surface area contributed by atoms with Gasteiger partial charge in [0, 0.05) is 11.8 Å². The van der Waals surface area contributed by atoms with E-state index in [0.717, 1.165) is 38.5 Å². The zero-order valence-electron chi connectivity index (χ0n) is 18.3. The Hall–Kier alpha value is -1.82. The van der Waals surface area contributed by atoms with Crippen molar-refractivity contribution in [1.29, 1.82) is 0 Å². The fourth-order valence-corrected chi connectivity index (χ4v) is 6.91. The average Bonchev–Trinajstić information content (AvgIpc) is 3.23. The number of carboxylic acids is 1. The molecule has 4 rings (SSSR count). The first-order chi connectivity index (χ1) is 14.3. The number of aliphatic carboxylic acids is 1. The van der Waals surface area contributed by atoms with Crippen LogP contribution in [0.25, 0.3) is 0 Å². The van der Waals surface area contributed by atoms with Crippen molar-refractivity contribution in [3.8, 4) is 0 Å². The summed E-state index contributed by atoms with van der Waals surface area (Å²) in [5, 5.41) is 17.7. The Morgan fingerprint density at radius 1 is 1.03 bits per heavy atom. The lowest BCUT2D eigenvalue weighted by atomic mass is 9.53. The van der Waals surface area contributed by atoms with Gasteiger partial charge in [-0.05, 0) is 74.2 Å². The number of nitrogens with two attached hydrogens (primary N) is 1. The Kier molecular flexibility index (Phi) is 5.73. The number of rotatable bonds is 9. The first-order valence-electron chi connectivity index (χ1n) is 11.6. The van der Waals surface area contributed by atoms with Gasteiger partial charge in [0.15, 0.2) is 0 Å². The van der Waals surface area contributed by atoms with Gasteiger partial charge < -0.3 is 10.8 Å². The van der Waals surface area contributed by atoms with Crippen LogP contribution in [0.4, 0.5) is 0 Å². The molecule has 0 aromatic heterocycles. The minimum Gasteiger partial charge on any atom is -0.481 e.